The molecule has 1 fully saturated rings. The van der Waals surface area contributed by atoms with E-state index in [9.17, 15) is 9.59 Å². The Hall–Kier alpha value is -1.24. The molecule has 0 aliphatic heterocycles. The van der Waals surface area contributed by atoms with E-state index in [0.29, 0.717) is 12.6 Å². The molecule has 0 heterocycles. The summed E-state index contributed by atoms with van der Waals surface area (Å²) in [6.07, 6.45) is 7.81. The minimum Gasteiger partial charge on any atom is -0.354 e. The quantitative estimate of drug-likeness (QED) is 0.413. The van der Waals surface area contributed by atoms with Gasteiger partial charge in [-0.25, -0.2) is 0 Å². The minimum atomic E-state index is -0.244. The summed E-state index contributed by atoms with van der Waals surface area (Å²) in [4.78, 5) is 24.2. The highest BCUT2D eigenvalue weighted by molar-refractivity contribution is 8.01. The molecule has 0 saturated heterocycles. The number of hydrogen-bond donors (Lipinski definition) is 3. The Kier molecular flexibility index (Phi) is 12.3. The fourth-order valence-electron chi connectivity index (χ4n) is 3.20. The van der Waals surface area contributed by atoms with Gasteiger partial charge in [0.2, 0.25) is 11.8 Å². The van der Waals surface area contributed by atoms with Crippen LogP contribution < -0.4 is 16.0 Å². The number of carbonyl (C=O) groups excluding carboxylic acids is 2. The number of benzene rings is 1. The Morgan fingerprint density at radius 2 is 1.71 bits per heavy atom. The van der Waals surface area contributed by atoms with Crippen LogP contribution >= 0.6 is 24.2 Å². The van der Waals surface area contributed by atoms with Gasteiger partial charge in [-0.3, -0.25) is 9.59 Å². The Morgan fingerprint density at radius 1 is 1.07 bits per heavy atom. The SMILES string of the molecule is Cc1ccc(NC(=O)CSC(C)C(=O)NCCNC2CCCCCC2)cc1.Cl. The van der Waals surface area contributed by atoms with Crippen molar-refractivity contribution in [2.75, 3.05) is 24.2 Å². The van der Waals surface area contributed by atoms with Crippen molar-refractivity contribution < 1.29 is 9.59 Å². The van der Waals surface area contributed by atoms with Gasteiger partial charge in [-0.05, 0) is 38.8 Å². The third-order valence-corrected chi connectivity index (χ3v) is 6.02. The van der Waals surface area contributed by atoms with Gasteiger partial charge in [0.15, 0.2) is 0 Å². The van der Waals surface area contributed by atoms with Gasteiger partial charge in [-0.15, -0.1) is 24.2 Å². The fourth-order valence-corrected chi connectivity index (χ4v) is 3.91. The molecule has 7 heteroatoms. The van der Waals surface area contributed by atoms with Crippen LogP contribution in [0.4, 0.5) is 5.69 Å². The minimum absolute atomic E-state index is 0. The number of hydrogen-bond acceptors (Lipinski definition) is 4. The summed E-state index contributed by atoms with van der Waals surface area (Å²) < 4.78 is 0. The zero-order valence-corrected chi connectivity index (χ0v) is 18.6. The van der Waals surface area contributed by atoms with Gasteiger partial charge in [-0.1, -0.05) is 43.4 Å². The summed E-state index contributed by atoms with van der Waals surface area (Å²) in [6, 6.07) is 8.29. The zero-order valence-electron chi connectivity index (χ0n) is 17.0. The summed E-state index contributed by atoms with van der Waals surface area (Å²) in [5.41, 5.74) is 1.94. The van der Waals surface area contributed by atoms with Crippen LogP contribution in [0.25, 0.3) is 0 Å². The largest absolute Gasteiger partial charge is 0.354 e. The average molecular weight is 428 g/mol. The molecule has 0 bridgehead atoms. The van der Waals surface area contributed by atoms with Gasteiger partial charge < -0.3 is 16.0 Å². The van der Waals surface area contributed by atoms with E-state index in [1.807, 2.05) is 38.1 Å². The van der Waals surface area contributed by atoms with E-state index in [4.69, 9.17) is 0 Å². The van der Waals surface area contributed by atoms with Gasteiger partial charge in [0.05, 0.1) is 11.0 Å². The van der Waals surface area contributed by atoms with Gasteiger partial charge in [0, 0.05) is 24.8 Å². The number of halogens is 1. The molecule has 5 nitrogen and oxygen atoms in total. The molecular formula is C21H34ClN3O2S. The monoisotopic (exact) mass is 427 g/mol. The zero-order chi connectivity index (χ0) is 19.5. The van der Waals surface area contributed by atoms with E-state index in [-0.39, 0.29) is 35.2 Å². The van der Waals surface area contributed by atoms with Gasteiger partial charge in [-0.2, -0.15) is 0 Å². The third kappa shape index (κ3) is 9.80. The second-order valence-electron chi connectivity index (χ2n) is 7.30. The first-order valence-corrected chi connectivity index (χ1v) is 11.1. The van der Waals surface area contributed by atoms with Crippen molar-refractivity contribution in [2.24, 2.45) is 0 Å². The van der Waals surface area contributed by atoms with Crippen molar-refractivity contribution >= 4 is 41.7 Å². The summed E-state index contributed by atoms with van der Waals surface area (Å²) >= 11 is 1.36. The highest BCUT2D eigenvalue weighted by Gasteiger charge is 2.15. The normalized spacial score (nSPS) is 15.8. The molecule has 3 N–H and O–H groups in total. The van der Waals surface area contributed by atoms with E-state index >= 15 is 0 Å². The highest BCUT2D eigenvalue weighted by atomic mass is 35.5. The number of anilines is 1. The van der Waals surface area contributed by atoms with Gasteiger partial charge in [0.25, 0.3) is 0 Å². The van der Waals surface area contributed by atoms with Crippen molar-refractivity contribution in [1.82, 2.24) is 10.6 Å². The number of thioether (sulfide) groups is 1. The van der Waals surface area contributed by atoms with Crippen molar-refractivity contribution in [3.8, 4) is 0 Å². The lowest BCUT2D eigenvalue weighted by Gasteiger charge is -2.17. The Labute approximate surface area is 179 Å². The number of rotatable bonds is 9. The van der Waals surface area contributed by atoms with Crippen LogP contribution in [0.5, 0.6) is 0 Å². The first-order chi connectivity index (χ1) is 13.0. The van der Waals surface area contributed by atoms with Crippen LogP contribution in [0.1, 0.15) is 51.0 Å². The summed E-state index contributed by atoms with van der Waals surface area (Å²) in [6.45, 7) is 5.29. The molecule has 1 aromatic rings. The number of aryl methyl sites for hydroxylation is 1. The van der Waals surface area contributed by atoms with Gasteiger partial charge in [0.1, 0.15) is 0 Å². The van der Waals surface area contributed by atoms with Crippen LogP contribution in [0.15, 0.2) is 24.3 Å². The summed E-state index contributed by atoms with van der Waals surface area (Å²) in [7, 11) is 0. The Morgan fingerprint density at radius 3 is 2.36 bits per heavy atom. The lowest BCUT2D eigenvalue weighted by molar-refractivity contribution is -0.120. The van der Waals surface area contributed by atoms with Crippen molar-refractivity contribution in [3.63, 3.8) is 0 Å². The second-order valence-corrected chi connectivity index (χ2v) is 8.63. The first-order valence-electron chi connectivity index (χ1n) is 10.0. The van der Waals surface area contributed by atoms with E-state index in [1.54, 1.807) is 0 Å². The molecule has 1 unspecified atom stereocenters. The molecule has 28 heavy (non-hydrogen) atoms. The molecule has 2 amide bonds. The predicted molar refractivity (Wildman–Crippen MR) is 121 cm³/mol. The van der Waals surface area contributed by atoms with Crippen LogP contribution in [0.3, 0.4) is 0 Å². The highest BCUT2D eigenvalue weighted by Crippen LogP contribution is 2.17. The molecule has 1 aliphatic rings. The molecule has 1 aromatic carbocycles. The molecule has 158 valence electrons. The molecule has 1 atom stereocenters. The maximum Gasteiger partial charge on any atom is 0.234 e. The molecule has 2 rings (SSSR count). The third-order valence-electron chi connectivity index (χ3n) is 4.88. The van der Waals surface area contributed by atoms with Gasteiger partial charge >= 0.3 is 0 Å². The molecule has 1 aliphatic carbocycles. The molecular weight excluding hydrogens is 394 g/mol. The van der Waals surface area contributed by atoms with Crippen molar-refractivity contribution in [3.05, 3.63) is 29.8 Å². The smallest absolute Gasteiger partial charge is 0.234 e. The number of nitrogens with one attached hydrogen (secondary N) is 3. The summed E-state index contributed by atoms with van der Waals surface area (Å²) in [5.74, 6) is 0.173. The lowest BCUT2D eigenvalue weighted by atomic mass is 10.1. The topological polar surface area (TPSA) is 70.2 Å². The van der Waals surface area contributed by atoms with E-state index in [1.165, 1.54) is 50.3 Å². The molecule has 0 radical (unpaired) electrons. The maximum atomic E-state index is 12.2. The van der Waals surface area contributed by atoms with Crippen molar-refractivity contribution in [1.29, 1.82) is 0 Å². The standard InChI is InChI=1S/C21H33N3O2S.ClH/c1-16-9-11-19(12-10-16)24-20(25)15-27-17(2)21(26)23-14-13-22-18-7-5-3-4-6-8-18;/h9-12,17-18,22H,3-8,13-15H2,1-2H3,(H,23,26)(H,24,25);1H. The second kappa shape index (κ2) is 13.9. The van der Waals surface area contributed by atoms with Crippen molar-refractivity contribution in [2.45, 2.75) is 63.7 Å². The fraction of sp³-hybridized carbons (Fsp3) is 0.619. The van der Waals surface area contributed by atoms with E-state index in [2.05, 4.69) is 16.0 Å². The lowest BCUT2D eigenvalue weighted by Crippen LogP contribution is -2.39. The Bertz CT molecular complexity index is 590. The predicted octanol–water partition coefficient (Wildman–Crippen LogP) is 3.91. The first kappa shape index (κ1) is 24.8. The van der Waals surface area contributed by atoms with Crippen LogP contribution in [0.2, 0.25) is 0 Å². The maximum absolute atomic E-state index is 12.2. The number of carbonyl (C=O) groups is 2. The van der Waals surface area contributed by atoms with Crippen LogP contribution in [-0.2, 0) is 9.59 Å². The number of amides is 2. The Balaban J connectivity index is 0.00000392. The average Bonchev–Trinajstić information content (AvgIpc) is 2.94. The van der Waals surface area contributed by atoms with Crippen LogP contribution in [0, 0.1) is 6.92 Å². The molecule has 0 aromatic heterocycles. The summed E-state index contributed by atoms with van der Waals surface area (Å²) in [5, 5.41) is 9.13. The molecule has 0 spiro atoms. The molecule has 1 saturated carbocycles. The van der Waals surface area contributed by atoms with E-state index in [0.717, 1.165) is 17.8 Å². The van der Waals surface area contributed by atoms with Crippen LogP contribution in [-0.4, -0.2) is 41.9 Å². The van der Waals surface area contributed by atoms with E-state index < -0.39 is 0 Å².